The summed E-state index contributed by atoms with van der Waals surface area (Å²) in [5.74, 6) is -0.367. The van der Waals surface area contributed by atoms with Crippen LogP contribution in [0.15, 0.2) is 30.3 Å². The zero-order chi connectivity index (χ0) is 16.3. The first-order valence-corrected chi connectivity index (χ1v) is 7.34. The van der Waals surface area contributed by atoms with Gasteiger partial charge in [-0.25, -0.2) is 4.39 Å². The van der Waals surface area contributed by atoms with Gasteiger partial charge in [-0.1, -0.05) is 0 Å². The average molecular weight is 303 g/mol. The first kappa shape index (κ1) is 16.2. The molecule has 5 heteroatoms. The normalized spacial score (nSPS) is 12.2. The van der Waals surface area contributed by atoms with Crippen LogP contribution in [0.3, 0.4) is 0 Å². The topological polar surface area (TPSA) is 46.1 Å². The number of nitrogens with zero attached hydrogens (tertiary/aromatic N) is 1. The minimum absolute atomic E-state index is 0.0939. The lowest BCUT2D eigenvalue weighted by Crippen LogP contribution is -2.37. The highest BCUT2D eigenvalue weighted by atomic mass is 19.1. The van der Waals surface area contributed by atoms with Crippen LogP contribution in [0.4, 0.5) is 4.39 Å². The Morgan fingerprint density at radius 1 is 1.27 bits per heavy atom. The molecule has 1 aromatic heterocycles. The molecule has 1 heterocycles. The van der Waals surface area contributed by atoms with Crippen LogP contribution in [0.25, 0.3) is 5.69 Å². The second kappa shape index (κ2) is 6.75. The highest BCUT2D eigenvalue weighted by molar-refractivity contribution is 5.95. The summed E-state index contributed by atoms with van der Waals surface area (Å²) in [5.41, 5.74) is 3.28. The lowest BCUT2D eigenvalue weighted by Gasteiger charge is -2.12. The zero-order valence-electron chi connectivity index (χ0n) is 13.4. The van der Waals surface area contributed by atoms with E-state index in [-0.39, 0.29) is 17.8 Å². The Morgan fingerprint density at radius 2 is 1.91 bits per heavy atom. The molecule has 4 nitrogen and oxygen atoms in total. The summed E-state index contributed by atoms with van der Waals surface area (Å²) in [5, 5.41) is 6.00. The van der Waals surface area contributed by atoms with E-state index in [0.717, 1.165) is 17.1 Å². The minimum atomic E-state index is -0.273. The van der Waals surface area contributed by atoms with Crippen LogP contribution in [0.5, 0.6) is 0 Å². The van der Waals surface area contributed by atoms with Crippen molar-refractivity contribution < 1.29 is 9.18 Å². The van der Waals surface area contributed by atoms with Crippen molar-refractivity contribution in [2.75, 3.05) is 13.6 Å². The first-order chi connectivity index (χ1) is 10.4. The van der Waals surface area contributed by atoms with Crippen molar-refractivity contribution in [1.82, 2.24) is 15.2 Å². The van der Waals surface area contributed by atoms with Gasteiger partial charge in [0.15, 0.2) is 0 Å². The van der Waals surface area contributed by atoms with Crippen LogP contribution in [-0.2, 0) is 0 Å². The van der Waals surface area contributed by atoms with Crippen LogP contribution < -0.4 is 10.6 Å². The smallest absolute Gasteiger partial charge is 0.253 e. The van der Waals surface area contributed by atoms with Crippen LogP contribution in [-0.4, -0.2) is 30.1 Å². The molecule has 0 saturated heterocycles. The van der Waals surface area contributed by atoms with E-state index in [0.29, 0.717) is 12.1 Å². The SMILES string of the molecule is CNC(C)CNC(=O)c1cc(C)n(-c2ccc(F)cc2)c1C. The molecule has 2 N–H and O–H groups in total. The van der Waals surface area contributed by atoms with E-state index in [4.69, 9.17) is 0 Å². The Kier molecular flexibility index (Phi) is 4.98. The van der Waals surface area contributed by atoms with E-state index in [1.54, 1.807) is 12.1 Å². The van der Waals surface area contributed by atoms with Gasteiger partial charge in [-0.2, -0.15) is 0 Å². The largest absolute Gasteiger partial charge is 0.350 e. The van der Waals surface area contributed by atoms with Crippen molar-refractivity contribution in [3.63, 3.8) is 0 Å². The van der Waals surface area contributed by atoms with E-state index in [2.05, 4.69) is 10.6 Å². The van der Waals surface area contributed by atoms with Gasteiger partial charge in [0.05, 0.1) is 5.56 Å². The van der Waals surface area contributed by atoms with Crippen LogP contribution in [0.1, 0.15) is 28.7 Å². The molecule has 1 aromatic carbocycles. The van der Waals surface area contributed by atoms with Crippen molar-refractivity contribution in [1.29, 1.82) is 0 Å². The quantitative estimate of drug-likeness (QED) is 0.892. The molecule has 0 aliphatic heterocycles. The lowest BCUT2D eigenvalue weighted by atomic mass is 10.2. The summed E-state index contributed by atoms with van der Waals surface area (Å²) in [6.45, 7) is 6.40. The van der Waals surface area contributed by atoms with Gasteiger partial charge in [0.25, 0.3) is 5.91 Å². The average Bonchev–Trinajstić information content (AvgIpc) is 2.80. The molecular formula is C17H22FN3O. The number of halogens is 1. The number of hydrogen-bond donors (Lipinski definition) is 2. The molecular weight excluding hydrogens is 281 g/mol. The van der Waals surface area contributed by atoms with Gasteiger partial charge in [-0.3, -0.25) is 4.79 Å². The van der Waals surface area contributed by atoms with Gasteiger partial charge >= 0.3 is 0 Å². The Hall–Kier alpha value is -2.14. The van der Waals surface area contributed by atoms with Crippen LogP contribution in [0, 0.1) is 19.7 Å². The van der Waals surface area contributed by atoms with Gasteiger partial charge in [-0.15, -0.1) is 0 Å². The molecule has 1 unspecified atom stereocenters. The molecule has 0 bridgehead atoms. The zero-order valence-corrected chi connectivity index (χ0v) is 13.4. The Bertz CT molecular complexity index is 661. The first-order valence-electron chi connectivity index (χ1n) is 7.34. The fraction of sp³-hybridized carbons (Fsp3) is 0.353. The van der Waals surface area contributed by atoms with Crippen molar-refractivity contribution >= 4 is 5.91 Å². The highest BCUT2D eigenvalue weighted by Crippen LogP contribution is 2.21. The predicted molar refractivity (Wildman–Crippen MR) is 86.1 cm³/mol. The summed E-state index contributed by atoms with van der Waals surface area (Å²) in [6, 6.07) is 8.33. The van der Waals surface area contributed by atoms with E-state index in [1.165, 1.54) is 12.1 Å². The number of amides is 1. The van der Waals surface area contributed by atoms with Gasteiger partial charge < -0.3 is 15.2 Å². The summed E-state index contributed by atoms with van der Waals surface area (Å²) in [7, 11) is 1.86. The minimum Gasteiger partial charge on any atom is -0.350 e. The molecule has 0 radical (unpaired) electrons. The standard InChI is InChI=1S/C17H22FN3O/c1-11(19-4)10-20-17(22)16-9-12(2)21(13(16)3)15-7-5-14(18)6-8-15/h5-9,11,19H,10H2,1-4H3,(H,20,22). The molecule has 2 aromatic rings. The van der Waals surface area contributed by atoms with E-state index in [9.17, 15) is 9.18 Å². The highest BCUT2D eigenvalue weighted by Gasteiger charge is 2.16. The van der Waals surface area contributed by atoms with Gasteiger partial charge in [0, 0.05) is 29.7 Å². The number of nitrogens with one attached hydrogen (secondary N) is 2. The molecule has 22 heavy (non-hydrogen) atoms. The van der Waals surface area contributed by atoms with Gasteiger partial charge in [0.1, 0.15) is 5.82 Å². The third kappa shape index (κ3) is 3.36. The lowest BCUT2D eigenvalue weighted by molar-refractivity contribution is 0.0950. The molecule has 2 rings (SSSR count). The van der Waals surface area contributed by atoms with Crippen molar-refractivity contribution in [3.8, 4) is 5.69 Å². The third-order valence-corrected chi connectivity index (χ3v) is 3.82. The fourth-order valence-corrected chi connectivity index (χ4v) is 2.42. The van der Waals surface area contributed by atoms with E-state index in [1.807, 2.05) is 38.5 Å². The van der Waals surface area contributed by atoms with E-state index >= 15 is 0 Å². The van der Waals surface area contributed by atoms with Crippen molar-refractivity contribution in [3.05, 3.63) is 53.1 Å². The van der Waals surface area contributed by atoms with Crippen molar-refractivity contribution in [2.45, 2.75) is 26.8 Å². The Balaban J connectivity index is 2.27. The molecule has 0 saturated carbocycles. The maximum absolute atomic E-state index is 13.1. The van der Waals surface area contributed by atoms with E-state index < -0.39 is 0 Å². The molecule has 0 aliphatic carbocycles. The number of aryl methyl sites for hydroxylation is 1. The predicted octanol–water partition coefficient (Wildman–Crippen LogP) is 2.57. The summed E-state index contributed by atoms with van der Waals surface area (Å²) in [6.07, 6.45) is 0. The molecule has 1 amide bonds. The van der Waals surface area contributed by atoms with Gasteiger partial charge in [0.2, 0.25) is 0 Å². The van der Waals surface area contributed by atoms with Crippen LogP contribution >= 0.6 is 0 Å². The fourth-order valence-electron chi connectivity index (χ4n) is 2.42. The maximum Gasteiger partial charge on any atom is 0.253 e. The Morgan fingerprint density at radius 3 is 2.50 bits per heavy atom. The second-order valence-corrected chi connectivity index (χ2v) is 5.50. The summed E-state index contributed by atoms with van der Waals surface area (Å²) >= 11 is 0. The molecule has 0 fully saturated rings. The molecule has 118 valence electrons. The number of carbonyl (C=O) groups excluding carboxylic acids is 1. The second-order valence-electron chi connectivity index (χ2n) is 5.50. The van der Waals surface area contributed by atoms with Gasteiger partial charge in [-0.05, 0) is 58.2 Å². The number of rotatable bonds is 5. The number of hydrogen-bond acceptors (Lipinski definition) is 2. The molecule has 0 aliphatic rings. The number of benzene rings is 1. The number of carbonyl (C=O) groups is 1. The maximum atomic E-state index is 13.1. The third-order valence-electron chi connectivity index (χ3n) is 3.82. The number of aromatic nitrogens is 1. The van der Waals surface area contributed by atoms with Crippen molar-refractivity contribution in [2.24, 2.45) is 0 Å². The molecule has 0 spiro atoms. The number of likely N-dealkylation sites (N-methyl/N-ethyl adjacent to an activating group) is 1. The summed E-state index contributed by atoms with van der Waals surface area (Å²) < 4.78 is 15.0. The monoisotopic (exact) mass is 303 g/mol. The molecule has 1 atom stereocenters. The van der Waals surface area contributed by atoms with Crippen LogP contribution in [0.2, 0.25) is 0 Å². The summed E-state index contributed by atoms with van der Waals surface area (Å²) in [4.78, 5) is 12.3. The Labute approximate surface area is 130 Å².